The molecule has 98 valence electrons. The SMILES string of the molecule is O=C(NCc1nn[nH]n1)C1Cc2ccccc2CN1. The van der Waals surface area contributed by atoms with Gasteiger partial charge in [-0.2, -0.15) is 5.21 Å². The highest BCUT2D eigenvalue weighted by molar-refractivity contribution is 5.82. The molecule has 1 aromatic heterocycles. The Kier molecular flexibility index (Phi) is 3.20. The van der Waals surface area contributed by atoms with Gasteiger partial charge in [0.25, 0.3) is 0 Å². The van der Waals surface area contributed by atoms with Gasteiger partial charge in [-0.3, -0.25) is 4.79 Å². The van der Waals surface area contributed by atoms with Gasteiger partial charge >= 0.3 is 0 Å². The number of carbonyl (C=O) groups is 1. The number of aromatic nitrogens is 4. The van der Waals surface area contributed by atoms with Crippen LogP contribution in [0.2, 0.25) is 0 Å². The van der Waals surface area contributed by atoms with Crippen LogP contribution in [0.4, 0.5) is 0 Å². The predicted octanol–water partition coefficient (Wildman–Crippen LogP) is -0.470. The first-order chi connectivity index (χ1) is 9.33. The number of aromatic amines is 1. The second-order valence-electron chi connectivity index (χ2n) is 4.45. The Morgan fingerprint density at radius 1 is 1.37 bits per heavy atom. The molecule has 0 fully saturated rings. The van der Waals surface area contributed by atoms with Crippen LogP contribution in [0.15, 0.2) is 24.3 Å². The number of rotatable bonds is 3. The molecule has 19 heavy (non-hydrogen) atoms. The molecule has 0 spiro atoms. The Bertz CT molecular complexity index is 567. The lowest BCUT2D eigenvalue weighted by Gasteiger charge is -2.25. The molecule has 0 saturated carbocycles. The molecule has 3 rings (SSSR count). The molecule has 2 heterocycles. The van der Waals surface area contributed by atoms with E-state index >= 15 is 0 Å². The Labute approximate surface area is 109 Å². The minimum absolute atomic E-state index is 0.0423. The van der Waals surface area contributed by atoms with E-state index < -0.39 is 0 Å². The standard InChI is InChI=1S/C12H14N6O/c19-12(14-7-11-15-17-18-16-11)10-5-8-3-1-2-4-9(8)6-13-10/h1-4,10,13H,5-7H2,(H,14,19)(H,15,16,17,18). The van der Waals surface area contributed by atoms with E-state index in [9.17, 15) is 4.79 Å². The van der Waals surface area contributed by atoms with Crippen molar-refractivity contribution < 1.29 is 4.79 Å². The highest BCUT2D eigenvalue weighted by atomic mass is 16.2. The second kappa shape index (κ2) is 5.15. The monoisotopic (exact) mass is 258 g/mol. The number of H-pyrrole nitrogens is 1. The molecule has 1 amide bonds. The Balaban J connectivity index is 1.60. The van der Waals surface area contributed by atoms with E-state index in [-0.39, 0.29) is 18.5 Å². The van der Waals surface area contributed by atoms with E-state index in [1.807, 2.05) is 12.1 Å². The van der Waals surface area contributed by atoms with Crippen LogP contribution in [0.3, 0.4) is 0 Å². The molecule has 3 N–H and O–H groups in total. The number of tetrazole rings is 1. The maximum absolute atomic E-state index is 12.0. The molecule has 0 aliphatic carbocycles. The van der Waals surface area contributed by atoms with Crippen LogP contribution < -0.4 is 10.6 Å². The third kappa shape index (κ3) is 2.60. The van der Waals surface area contributed by atoms with Crippen molar-refractivity contribution in [3.63, 3.8) is 0 Å². The molecule has 1 aromatic carbocycles. The minimum atomic E-state index is -0.207. The fourth-order valence-electron chi connectivity index (χ4n) is 2.19. The van der Waals surface area contributed by atoms with Crippen molar-refractivity contribution in [1.29, 1.82) is 0 Å². The van der Waals surface area contributed by atoms with Crippen molar-refractivity contribution >= 4 is 5.91 Å². The zero-order chi connectivity index (χ0) is 13.1. The van der Waals surface area contributed by atoms with E-state index in [2.05, 4.69) is 43.4 Å². The molecule has 0 radical (unpaired) electrons. The number of hydrogen-bond acceptors (Lipinski definition) is 5. The van der Waals surface area contributed by atoms with Crippen LogP contribution in [0.5, 0.6) is 0 Å². The molecule has 1 unspecified atom stereocenters. The molecule has 0 bridgehead atoms. The van der Waals surface area contributed by atoms with Crippen LogP contribution in [0, 0.1) is 0 Å². The van der Waals surface area contributed by atoms with E-state index in [1.165, 1.54) is 11.1 Å². The minimum Gasteiger partial charge on any atom is -0.347 e. The molecule has 1 aliphatic rings. The molecule has 1 aliphatic heterocycles. The van der Waals surface area contributed by atoms with Gasteiger partial charge in [-0.25, -0.2) is 0 Å². The van der Waals surface area contributed by atoms with Crippen molar-refractivity contribution in [3.8, 4) is 0 Å². The van der Waals surface area contributed by atoms with Gasteiger partial charge in [0.05, 0.1) is 12.6 Å². The first-order valence-electron chi connectivity index (χ1n) is 6.13. The van der Waals surface area contributed by atoms with Crippen molar-refractivity contribution in [2.24, 2.45) is 0 Å². The first kappa shape index (κ1) is 11.8. The van der Waals surface area contributed by atoms with E-state index in [4.69, 9.17) is 0 Å². The summed E-state index contributed by atoms with van der Waals surface area (Å²) in [6.07, 6.45) is 0.703. The summed E-state index contributed by atoms with van der Waals surface area (Å²) in [5.41, 5.74) is 2.48. The van der Waals surface area contributed by atoms with Gasteiger partial charge in [0.2, 0.25) is 5.91 Å². The van der Waals surface area contributed by atoms with Crippen molar-refractivity contribution in [2.75, 3.05) is 0 Å². The fourth-order valence-corrected chi connectivity index (χ4v) is 2.19. The van der Waals surface area contributed by atoms with Crippen molar-refractivity contribution in [1.82, 2.24) is 31.3 Å². The lowest BCUT2D eigenvalue weighted by atomic mass is 9.95. The zero-order valence-electron chi connectivity index (χ0n) is 10.3. The van der Waals surface area contributed by atoms with Gasteiger partial charge < -0.3 is 10.6 Å². The van der Waals surface area contributed by atoms with Gasteiger partial charge in [-0.1, -0.05) is 29.5 Å². The Morgan fingerprint density at radius 2 is 2.21 bits per heavy atom. The summed E-state index contributed by atoms with van der Waals surface area (Å²) in [7, 11) is 0. The smallest absolute Gasteiger partial charge is 0.237 e. The van der Waals surface area contributed by atoms with Crippen LogP contribution in [-0.4, -0.2) is 32.6 Å². The van der Waals surface area contributed by atoms with Crippen LogP contribution in [0.1, 0.15) is 17.0 Å². The maximum atomic E-state index is 12.0. The lowest BCUT2D eigenvalue weighted by Crippen LogP contribution is -2.47. The molecule has 1 atom stereocenters. The average Bonchev–Trinajstić information content (AvgIpc) is 2.97. The van der Waals surface area contributed by atoms with Gasteiger partial charge in [-0.15, -0.1) is 10.2 Å². The number of nitrogens with zero attached hydrogens (tertiary/aromatic N) is 3. The summed E-state index contributed by atoms with van der Waals surface area (Å²) in [5.74, 6) is 0.434. The molecule has 2 aromatic rings. The highest BCUT2D eigenvalue weighted by Crippen LogP contribution is 2.16. The summed E-state index contributed by atoms with van der Waals surface area (Å²) in [5, 5.41) is 19.4. The summed E-state index contributed by atoms with van der Waals surface area (Å²) in [4.78, 5) is 12.0. The lowest BCUT2D eigenvalue weighted by molar-refractivity contribution is -0.123. The molecular weight excluding hydrogens is 244 g/mol. The number of hydrogen-bond donors (Lipinski definition) is 3. The molecular formula is C12H14N6O. The second-order valence-corrected chi connectivity index (χ2v) is 4.45. The zero-order valence-corrected chi connectivity index (χ0v) is 10.3. The topological polar surface area (TPSA) is 95.6 Å². The summed E-state index contributed by atoms with van der Waals surface area (Å²) in [6.45, 7) is 1.01. The van der Waals surface area contributed by atoms with Crippen LogP contribution >= 0.6 is 0 Å². The number of benzene rings is 1. The van der Waals surface area contributed by atoms with Gasteiger partial charge in [0.1, 0.15) is 0 Å². The highest BCUT2D eigenvalue weighted by Gasteiger charge is 2.23. The van der Waals surface area contributed by atoms with E-state index in [1.54, 1.807) is 0 Å². The normalized spacial score (nSPS) is 17.8. The predicted molar refractivity (Wildman–Crippen MR) is 66.8 cm³/mol. The number of amides is 1. The van der Waals surface area contributed by atoms with E-state index in [0.29, 0.717) is 12.2 Å². The van der Waals surface area contributed by atoms with Crippen LogP contribution in [0.25, 0.3) is 0 Å². The van der Waals surface area contributed by atoms with Gasteiger partial charge in [-0.05, 0) is 17.5 Å². The Morgan fingerprint density at radius 3 is 3.00 bits per heavy atom. The fraction of sp³-hybridized carbons (Fsp3) is 0.333. The number of nitrogens with one attached hydrogen (secondary N) is 3. The van der Waals surface area contributed by atoms with E-state index in [0.717, 1.165) is 6.54 Å². The summed E-state index contributed by atoms with van der Waals surface area (Å²) < 4.78 is 0. The van der Waals surface area contributed by atoms with Crippen molar-refractivity contribution in [2.45, 2.75) is 25.6 Å². The average molecular weight is 258 g/mol. The molecule has 7 heteroatoms. The first-order valence-corrected chi connectivity index (χ1v) is 6.13. The molecule has 7 nitrogen and oxygen atoms in total. The third-order valence-electron chi connectivity index (χ3n) is 3.21. The quantitative estimate of drug-likeness (QED) is 0.692. The Hall–Kier alpha value is -2.28. The largest absolute Gasteiger partial charge is 0.347 e. The number of fused-ring (bicyclic) bond motifs is 1. The van der Waals surface area contributed by atoms with Crippen molar-refractivity contribution in [3.05, 3.63) is 41.2 Å². The maximum Gasteiger partial charge on any atom is 0.237 e. The molecule has 0 saturated heterocycles. The van der Waals surface area contributed by atoms with Gasteiger partial charge in [0.15, 0.2) is 5.82 Å². The third-order valence-corrected chi connectivity index (χ3v) is 3.21. The summed E-state index contributed by atoms with van der Waals surface area (Å²) >= 11 is 0. The number of carbonyl (C=O) groups excluding carboxylic acids is 1. The van der Waals surface area contributed by atoms with Gasteiger partial charge in [0, 0.05) is 6.54 Å². The van der Waals surface area contributed by atoms with Crippen LogP contribution in [-0.2, 0) is 24.3 Å². The summed E-state index contributed by atoms with van der Waals surface area (Å²) in [6, 6.07) is 7.95.